The van der Waals surface area contributed by atoms with E-state index in [1.54, 1.807) is 30.1 Å². The molecule has 3 N–H and O–H groups in total. The Morgan fingerprint density at radius 2 is 2.24 bits per heavy atom. The van der Waals surface area contributed by atoms with E-state index in [4.69, 9.17) is 22.5 Å². The first-order valence-corrected chi connectivity index (χ1v) is 6.48. The van der Waals surface area contributed by atoms with E-state index in [1.807, 2.05) is 0 Å². The van der Waals surface area contributed by atoms with Gasteiger partial charge in [0, 0.05) is 25.4 Å². The lowest BCUT2D eigenvalue weighted by Gasteiger charge is -2.20. The molecule has 0 aliphatic heterocycles. The quantitative estimate of drug-likeness (QED) is 0.394. The van der Waals surface area contributed by atoms with Crippen molar-refractivity contribution in [3.05, 3.63) is 58.5 Å². The summed E-state index contributed by atoms with van der Waals surface area (Å²) in [6.07, 6.45) is 1.51. The molecule has 5 nitrogen and oxygen atoms in total. The lowest BCUT2D eigenvalue weighted by molar-refractivity contribution is 0.318. The molecule has 2 rings (SSSR count). The van der Waals surface area contributed by atoms with E-state index in [1.165, 1.54) is 18.3 Å². The van der Waals surface area contributed by atoms with Crippen molar-refractivity contribution in [2.24, 2.45) is 10.9 Å². The fourth-order valence-electron chi connectivity index (χ4n) is 1.93. The number of oxime groups is 1. The Hall–Kier alpha value is -2.34. The Bertz CT molecular complexity index is 678. The number of aromatic nitrogens is 1. The molecule has 0 bridgehead atoms. The minimum absolute atomic E-state index is 0.0946. The first kappa shape index (κ1) is 15.1. The third-order valence-corrected chi connectivity index (χ3v) is 3.30. The maximum atomic E-state index is 13.2. The second kappa shape index (κ2) is 6.41. The van der Waals surface area contributed by atoms with Crippen molar-refractivity contribution >= 4 is 23.3 Å². The van der Waals surface area contributed by atoms with Crippen LogP contribution in [0.3, 0.4) is 0 Å². The normalized spacial score (nSPS) is 11.5. The first-order chi connectivity index (χ1) is 10.0. The van der Waals surface area contributed by atoms with E-state index >= 15 is 0 Å². The summed E-state index contributed by atoms with van der Waals surface area (Å²) in [6, 6.07) is 7.82. The molecular weight excluding hydrogens is 295 g/mol. The van der Waals surface area contributed by atoms with E-state index in [2.05, 4.69) is 10.1 Å². The highest BCUT2D eigenvalue weighted by Crippen LogP contribution is 2.27. The predicted octanol–water partition coefficient (Wildman–Crippen LogP) is 2.60. The fourth-order valence-corrected chi connectivity index (χ4v) is 2.29. The lowest BCUT2D eigenvalue weighted by Crippen LogP contribution is -2.20. The van der Waals surface area contributed by atoms with Crippen LogP contribution in [0.25, 0.3) is 0 Å². The van der Waals surface area contributed by atoms with Crippen molar-refractivity contribution in [3.63, 3.8) is 0 Å². The molecule has 7 heteroatoms. The SMILES string of the molecule is CN(Cc1cccc(F)c1)c1nccc(/C(N)=N/O)c1Cl. The molecule has 1 heterocycles. The van der Waals surface area contributed by atoms with Crippen molar-refractivity contribution in [3.8, 4) is 0 Å². The minimum Gasteiger partial charge on any atom is -0.409 e. The molecule has 0 spiro atoms. The maximum Gasteiger partial charge on any atom is 0.171 e. The van der Waals surface area contributed by atoms with Crippen molar-refractivity contribution < 1.29 is 9.60 Å². The molecule has 0 fully saturated rings. The van der Waals surface area contributed by atoms with Crippen LogP contribution in [0.4, 0.5) is 10.2 Å². The smallest absolute Gasteiger partial charge is 0.171 e. The molecule has 0 unspecified atom stereocenters. The van der Waals surface area contributed by atoms with Crippen molar-refractivity contribution in [2.75, 3.05) is 11.9 Å². The third kappa shape index (κ3) is 3.41. The van der Waals surface area contributed by atoms with Crippen LogP contribution in [0.5, 0.6) is 0 Å². The Labute approximate surface area is 126 Å². The van der Waals surface area contributed by atoms with Gasteiger partial charge in [0.1, 0.15) is 11.6 Å². The van der Waals surface area contributed by atoms with Gasteiger partial charge in [-0.25, -0.2) is 9.37 Å². The summed E-state index contributed by atoms with van der Waals surface area (Å²) in [5, 5.41) is 11.9. The van der Waals surface area contributed by atoms with Gasteiger partial charge in [-0.15, -0.1) is 0 Å². The van der Waals surface area contributed by atoms with Crippen LogP contribution in [-0.2, 0) is 6.54 Å². The van der Waals surface area contributed by atoms with E-state index in [0.717, 1.165) is 5.56 Å². The van der Waals surface area contributed by atoms with Crippen LogP contribution in [0.2, 0.25) is 5.02 Å². The summed E-state index contributed by atoms with van der Waals surface area (Å²) >= 11 is 6.22. The average molecular weight is 309 g/mol. The highest BCUT2D eigenvalue weighted by Gasteiger charge is 2.14. The third-order valence-electron chi connectivity index (χ3n) is 2.92. The molecule has 2 aromatic rings. The first-order valence-electron chi connectivity index (χ1n) is 6.11. The molecule has 0 radical (unpaired) electrons. The number of nitrogens with two attached hydrogens (primary N) is 1. The molecule has 0 amide bonds. The zero-order chi connectivity index (χ0) is 15.4. The molecule has 0 saturated heterocycles. The van der Waals surface area contributed by atoms with Gasteiger partial charge in [-0.3, -0.25) is 0 Å². The maximum absolute atomic E-state index is 13.2. The van der Waals surface area contributed by atoms with Crippen LogP contribution in [0.15, 0.2) is 41.7 Å². The van der Waals surface area contributed by atoms with Gasteiger partial charge < -0.3 is 15.8 Å². The van der Waals surface area contributed by atoms with E-state index < -0.39 is 0 Å². The predicted molar refractivity (Wildman–Crippen MR) is 80.3 cm³/mol. The van der Waals surface area contributed by atoms with Crippen molar-refractivity contribution in [2.45, 2.75) is 6.54 Å². The van der Waals surface area contributed by atoms with Gasteiger partial charge in [0.25, 0.3) is 0 Å². The fraction of sp³-hybridized carbons (Fsp3) is 0.143. The topological polar surface area (TPSA) is 74.7 Å². The van der Waals surface area contributed by atoms with Gasteiger partial charge in [0.15, 0.2) is 5.84 Å². The molecule has 0 aliphatic carbocycles. The summed E-state index contributed by atoms with van der Waals surface area (Å²) in [7, 11) is 1.77. The van der Waals surface area contributed by atoms with Gasteiger partial charge in [-0.05, 0) is 23.8 Å². The molecule has 0 atom stereocenters. The number of amidine groups is 1. The van der Waals surface area contributed by atoms with Gasteiger partial charge in [0.2, 0.25) is 0 Å². The summed E-state index contributed by atoms with van der Waals surface area (Å²) in [5.41, 5.74) is 6.72. The second-order valence-corrected chi connectivity index (χ2v) is 4.85. The van der Waals surface area contributed by atoms with Crippen LogP contribution in [-0.4, -0.2) is 23.1 Å². The second-order valence-electron chi connectivity index (χ2n) is 4.47. The zero-order valence-corrected chi connectivity index (χ0v) is 12.0. The molecule has 21 heavy (non-hydrogen) atoms. The van der Waals surface area contributed by atoms with Crippen LogP contribution >= 0.6 is 11.6 Å². The number of pyridine rings is 1. The summed E-state index contributed by atoms with van der Waals surface area (Å²) in [4.78, 5) is 5.94. The van der Waals surface area contributed by atoms with Crippen molar-refractivity contribution in [1.29, 1.82) is 0 Å². The van der Waals surface area contributed by atoms with Gasteiger partial charge in [0.05, 0.1) is 5.02 Å². The van der Waals surface area contributed by atoms with Crippen LogP contribution in [0.1, 0.15) is 11.1 Å². The van der Waals surface area contributed by atoms with Crippen LogP contribution in [0, 0.1) is 5.82 Å². The van der Waals surface area contributed by atoms with Crippen LogP contribution < -0.4 is 10.6 Å². The monoisotopic (exact) mass is 308 g/mol. The minimum atomic E-state index is -0.301. The van der Waals surface area contributed by atoms with Gasteiger partial charge in [-0.1, -0.05) is 28.9 Å². The van der Waals surface area contributed by atoms with Gasteiger partial charge >= 0.3 is 0 Å². The number of rotatable bonds is 4. The summed E-state index contributed by atoms with van der Waals surface area (Å²) in [6.45, 7) is 0.421. The highest BCUT2D eigenvalue weighted by molar-refractivity contribution is 6.36. The Morgan fingerprint density at radius 3 is 2.90 bits per heavy atom. The molecule has 1 aromatic heterocycles. The molecule has 1 aromatic carbocycles. The Kier molecular flexibility index (Phi) is 4.59. The molecule has 110 valence electrons. The molecular formula is C14H14ClFN4O. The van der Waals surface area contributed by atoms with E-state index in [0.29, 0.717) is 17.9 Å². The van der Waals surface area contributed by atoms with E-state index in [-0.39, 0.29) is 16.7 Å². The zero-order valence-electron chi connectivity index (χ0n) is 11.3. The molecule has 0 saturated carbocycles. The number of halogens is 2. The Balaban J connectivity index is 2.29. The number of hydrogen-bond acceptors (Lipinski definition) is 4. The lowest BCUT2D eigenvalue weighted by atomic mass is 10.2. The van der Waals surface area contributed by atoms with Crippen molar-refractivity contribution in [1.82, 2.24) is 4.98 Å². The number of nitrogens with zero attached hydrogens (tertiary/aromatic N) is 3. The molecule has 0 aliphatic rings. The number of hydrogen-bond donors (Lipinski definition) is 2. The highest BCUT2D eigenvalue weighted by atomic mass is 35.5. The summed E-state index contributed by atoms with van der Waals surface area (Å²) < 4.78 is 13.2. The standard InChI is InChI=1S/C14H14ClFN4O/c1-20(8-9-3-2-4-10(16)7-9)14-12(15)11(5-6-18-14)13(17)19-21/h2-7,21H,8H2,1H3,(H2,17,19). The largest absolute Gasteiger partial charge is 0.409 e. The Morgan fingerprint density at radius 1 is 1.48 bits per heavy atom. The summed E-state index contributed by atoms with van der Waals surface area (Å²) in [5.74, 6) is 0.0678. The van der Waals surface area contributed by atoms with Gasteiger partial charge in [-0.2, -0.15) is 0 Å². The number of benzene rings is 1. The van der Waals surface area contributed by atoms with E-state index in [9.17, 15) is 4.39 Å². The number of anilines is 1. The average Bonchev–Trinajstić information content (AvgIpc) is 2.46.